The van der Waals surface area contributed by atoms with Gasteiger partial charge in [-0.3, -0.25) is 4.79 Å². The van der Waals surface area contributed by atoms with E-state index in [2.05, 4.69) is 26.1 Å². The Hall–Kier alpha value is -0.790. The van der Waals surface area contributed by atoms with Crippen LogP contribution in [0.4, 0.5) is 0 Å². The number of amides is 1. The highest BCUT2D eigenvalue weighted by atomic mass is 32.2. The second-order valence-corrected chi connectivity index (χ2v) is 14.4. The van der Waals surface area contributed by atoms with Gasteiger partial charge in [0, 0.05) is 6.42 Å². The summed E-state index contributed by atoms with van der Waals surface area (Å²) in [5.41, 5.74) is 0.459. The average molecular weight is 538 g/mol. The second-order valence-electron chi connectivity index (χ2n) is 13.4. The molecule has 1 amide bonds. The standard InChI is InChI=1S/C30H51NO5S/c1-18(6-9-26(34)31-24(12-15-37-5)28(35)36-4)21-7-8-22-27-23(11-14-30(21,22)3)29(2)13-10-20(32)16-19(29)17-25(27)33/h18-25,27,32-33H,6-17H2,1-5H3,(H,31,34)/t18-,19+,20-,21-,22+,23+,24+,25+,27+,29+,30-/m1/s1. The maximum atomic E-state index is 12.8. The monoisotopic (exact) mass is 537 g/mol. The second kappa shape index (κ2) is 11.8. The summed E-state index contributed by atoms with van der Waals surface area (Å²) in [6.07, 6.45) is 11.8. The van der Waals surface area contributed by atoms with E-state index in [9.17, 15) is 19.8 Å². The minimum atomic E-state index is -0.567. The Morgan fingerprint density at radius 2 is 1.73 bits per heavy atom. The van der Waals surface area contributed by atoms with Crippen LogP contribution >= 0.6 is 11.8 Å². The van der Waals surface area contributed by atoms with Gasteiger partial charge in [0.05, 0.1) is 19.3 Å². The van der Waals surface area contributed by atoms with Crippen molar-refractivity contribution in [1.82, 2.24) is 5.32 Å². The topological polar surface area (TPSA) is 95.9 Å². The van der Waals surface area contributed by atoms with Gasteiger partial charge in [0.2, 0.25) is 5.91 Å². The molecule has 7 heteroatoms. The van der Waals surface area contributed by atoms with Gasteiger partial charge in [-0.05, 0) is 123 Å². The van der Waals surface area contributed by atoms with Crippen LogP contribution in [0.1, 0.15) is 91.4 Å². The fraction of sp³-hybridized carbons (Fsp3) is 0.933. The lowest BCUT2D eigenvalue weighted by Gasteiger charge is -2.62. The summed E-state index contributed by atoms with van der Waals surface area (Å²) >= 11 is 1.66. The minimum absolute atomic E-state index is 0.0621. The lowest BCUT2D eigenvalue weighted by Crippen LogP contribution is -2.58. The number of hydrogen-bond donors (Lipinski definition) is 3. The lowest BCUT2D eigenvalue weighted by molar-refractivity contribution is -0.174. The van der Waals surface area contributed by atoms with Crippen molar-refractivity contribution in [3.63, 3.8) is 0 Å². The lowest BCUT2D eigenvalue weighted by atomic mass is 9.43. The first-order chi connectivity index (χ1) is 17.5. The molecule has 37 heavy (non-hydrogen) atoms. The zero-order valence-corrected chi connectivity index (χ0v) is 24.5. The van der Waals surface area contributed by atoms with Gasteiger partial charge in [-0.2, -0.15) is 11.8 Å². The van der Waals surface area contributed by atoms with Gasteiger partial charge in [-0.1, -0.05) is 20.8 Å². The first-order valence-electron chi connectivity index (χ1n) is 14.8. The summed E-state index contributed by atoms with van der Waals surface area (Å²) < 4.78 is 4.89. The molecular formula is C30H51NO5S. The highest BCUT2D eigenvalue weighted by Crippen LogP contribution is 2.68. The number of thioether (sulfide) groups is 1. The predicted molar refractivity (Wildman–Crippen MR) is 148 cm³/mol. The summed E-state index contributed by atoms with van der Waals surface area (Å²) in [4.78, 5) is 24.9. The van der Waals surface area contributed by atoms with E-state index in [1.165, 1.54) is 32.8 Å². The maximum Gasteiger partial charge on any atom is 0.328 e. The number of carbonyl (C=O) groups is 2. The number of methoxy groups -OCH3 is 1. The summed E-state index contributed by atoms with van der Waals surface area (Å²) in [7, 11) is 1.37. The van der Waals surface area contributed by atoms with Gasteiger partial charge in [0.15, 0.2) is 0 Å². The molecule has 3 N–H and O–H groups in total. The highest BCUT2D eigenvalue weighted by Gasteiger charge is 2.62. The molecule has 0 heterocycles. The molecule has 4 aliphatic carbocycles. The number of fused-ring (bicyclic) bond motifs is 5. The zero-order valence-electron chi connectivity index (χ0n) is 23.7. The van der Waals surface area contributed by atoms with E-state index in [0.29, 0.717) is 48.3 Å². The Morgan fingerprint density at radius 3 is 2.43 bits per heavy atom. The SMILES string of the molecule is COC(=O)[C@H](CCSC)NC(=O)CC[C@@H](C)[C@H]1CC[C@H]2[C@@H]3[C@@H](O)C[C@@H]4C[C@H](O)CC[C@]4(C)[C@H]3CC[C@]12C. The smallest absolute Gasteiger partial charge is 0.328 e. The molecule has 0 aliphatic heterocycles. The molecule has 0 unspecified atom stereocenters. The molecule has 6 nitrogen and oxygen atoms in total. The van der Waals surface area contributed by atoms with Crippen LogP contribution in [-0.4, -0.2) is 59.5 Å². The van der Waals surface area contributed by atoms with Crippen molar-refractivity contribution in [1.29, 1.82) is 0 Å². The van der Waals surface area contributed by atoms with Crippen LogP contribution in [0.5, 0.6) is 0 Å². The normalized spacial score (nSPS) is 42.6. The number of esters is 1. The number of ether oxygens (including phenoxy) is 1. The first kappa shape index (κ1) is 29.2. The number of rotatable bonds is 9. The van der Waals surface area contributed by atoms with E-state index >= 15 is 0 Å². The third-order valence-corrected chi connectivity index (χ3v) is 12.3. The van der Waals surface area contributed by atoms with Crippen molar-refractivity contribution >= 4 is 23.6 Å². The molecule has 4 rings (SSSR count). The Kier molecular flexibility index (Phi) is 9.28. The quantitative estimate of drug-likeness (QED) is 0.366. The molecule has 11 atom stereocenters. The molecule has 4 fully saturated rings. The zero-order chi connectivity index (χ0) is 27.0. The van der Waals surface area contributed by atoms with E-state index in [1.807, 2.05) is 6.26 Å². The Bertz CT molecular complexity index is 824. The largest absolute Gasteiger partial charge is 0.467 e. The molecule has 0 bridgehead atoms. The van der Waals surface area contributed by atoms with Crippen molar-refractivity contribution in [2.24, 2.45) is 46.3 Å². The maximum absolute atomic E-state index is 12.8. The summed E-state index contributed by atoms with van der Waals surface area (Å²) in [6, 6.07) is -0.567. The Morgan fingerprint density at radius 1 is 1.03 bits per heavy atom. The number of nitrogens with one attached hydrogen (secondary N) is 1. The summed E-state index contributed by atoms with van der Waals surface area (Å²) in [5.74, 6) is 3.27. The molecule has 0 aromatic carbocycles. The molecule has 4 saturated carbocycles. The van der Waals surface area contributed by atoms with Gasteiger partial charge in [0.25, 0.3) is 0 Å². The van der Waals surface area contributed by atoms with E-state index in [-0.39, 0.29) is 34.9 Å². The van der Waals surface area contributed by atoms with Gasteiger partial charge >= 0.3 is 5.97 Å². The molecular weight excluding hydrogens is 486 g/mol. The van der Waals surface area contributed by atoms with Crippen LogP contribution in [-0.2, 0) is 14.3 Å². The van der Waals surface area contributed by atoms with Crippen molar-refractivity contribution < 1.29 is 24.5 Å². The van der Waals surface area contributed by atoms with Crippen molar-refractivity contribution in [2.45, 2.75) is 110 Å². The molecule has 212 valence electrons. The molecule has 0 saturated heterocycles. The van der Waals surface area contributed by atoms with Crippen molar-refractivity contribution in [3.05, 3.63) is 0 Å². The molecule has 4 aliphatic rings. The Labute approximate surface area is 228 Å². The van der Waals surface area contributed by atoms with Crippen LogP contribution in [0.3, 0.4) is 0 Å². The fourth-order valence-corrected chi connectivity index (χ4v) is 10.1. The van der Waals surface area contributed by atoms with E-state index in [4.69, 9.17) is 4.74 Å². The van der Waals surface area contributed by atoms with E-state index in [0.717, 1.165) is 37.9 Å². The third-order valence-electron chi connectivity index (χ3n) is 11.7. The van der Waals surface area contributed by atoms with Crippen LogP contribution in [0.25, 0.3) is 0 Å². The average Bonchev–Trinajstić information content (AvgIpc) is 3.22. The highest BCUT2D eigenvalue weighted by molar-refractivity contribution is 7.98. The first-order valence-corrected chi connectivity index (χ1v) is 16.2. The number of aliphatic hydroxyl groups is 2. The van der Waals surface area contributed by atoms with Gasteiger partial charge in [-0.15, -0.1) is 0 Å². The molecule has 0 aromatic rings. The predicted octanol–water partition coefficient (Wildman–Crippen LogP) is 4.80. The number of aliphatic hydroxyl groups excluding tert-OH is 2. The van der Waals surface area contributed by atoms with Crippen molar-refractivity contribution in [2.75, 3.05) is 19.1 Å². The van der Waals surface area contributed by atoms with Crippen LogP contribution in [0, 0.1) is 46.3 Å². The van der Waals surface area contributed by atoms with Crippen molar-refractivity contribution in [3.8, 4) is 0 Å². The summed E-state index contributed by atoms with van der Waals surface area (Å²) in [5, 5.41) is 24.7. The van der Waals surface area contributed by atoms with Gasteiger partial charge in [-0.25, -0.2) is 4.79 Å². The minimum Gasteiger partial charge on any atom is -0.467 e. The van der Waals surface area contributed by atoms with Crippen LogP contribution in [0.15, 0.2) is 0 Å². The number of carbonyl (C=O) groups excluding carboxylic acids is 2. The molecule has 0 spiro atoms. The summed E-state index contributed by atoms with van der Waals surface area (Å²) in [6.45, 7) is 7.24. The van der Waals surface area contributed by atoms with E-state index in [1.54, 1.807) is 11.8 Å². The molecule has 0 radical (unpaired) electrons. The Balaban J connectivity index is 1.38. The van der Waals surface area contributed by atoms with Crippen LogP contribution in [0.2, 0.25) is 0 Å². The number of hydrogen-bond acceptors (Lipinski definition) is 6. The third kappa shape index (κ3) is 5.61. The van der Waals surface area contributed by atoms with Crippen LogP contribution < -0.4 is 5.32 Å². The van der Waals surface area contributed by atoms with Gasteiger partial charge < -0.3 is 20.3 Å². The molecule has 0 aromatic heterocycles. The fourth-order valence-electron chi connectivity index (χ4n) is 9.63. The van der Waals surface area contributed by atoms with E-state index < -0.39 is 6.04 Å². The van der Waals surface area contributed by atoms with Gasteiger partial charge in [0.1, 0.15) is 6.04 Å².